The molecular weight excluding hydrogens is 246 g/mol. The number of ether oxygens (including phenoxy) is 1. The lowest BCUT2D eigenvalue weighted by molar-refractivity contribution is -0.0554. The molecule has 1 fully saturated rings. The maximum Gasteiger partial charge on any atom is 0.0645 e. The molecule has 0 unspecified atom stereocenters. The van der Waals surface area contributed by atoms with Crippen LogP contribution < -0.4 is 0 Å². The van der Waals surface area contributed by atoms with E-state index >= 15 is 0 Å². The smallest absolute Gasteiger partial charge is 0.0645 e. The Hall–Kier alpha value is -0.860. The molecule has 0 saturated carbocycles. The van der Waals surface area contributed by atoms with Crippen LogP contribution in [0, 0.1) is 6.92 Å². The van der Waals surface area contributed by atoms with Crippen LogP contribution >= 0.6 is 0 Å². The van der Waals surface area contributed by atoms with Gasteiger partial charge in [0.2, 0.25) is 0 Å². The molecule has 20 heavy (non-hydrogen) atoms. The molecule has 112 valence electrons. The molecule has 0 aromatic heterocycles. The molecule has 0 atom stereocenters. The van der Waals surface area contributed by atoms with Crippen LogP contribution in [-0.4, -0.2) is 30.2 Å². The first-order chi connectivity index (χ1) is 9.20. The Balaban J connectivity index is 2.29. The number of rotatable bonds is 2. The van der Waals surface area contributed by atoms with Crippen molar-refractivity contribution < 1.29 is 4.74 Å². The van der Waals surface area contributed by atoms with Gasteiger partial charge in [0, 0.05) is 18.6 Å². The Labute approximate surface area is 124 Å². The highest BCUT2D eigenvalue weighted by molar-refractivity contribution is 5.36. The summed E-state index contributed by atoms with van der Waals surface area (Å²) >= 11 is 0. The van der Waals surface area contributed by atoms with E-state index in [-0.39, 0.29) is 11.0 Å². The molecule has 0 spiro atoms. The summed E-state index contributed by atoms with van der Waals surface area (Å²) in [5, 5.41) is 0. The molecule has 0 aliphatic carbocycles. The largest absolute Gasteiger partial charge is 0.378 e. The van der Waals surface area contributed by atoms with Crippen LogP contribution in [0.2, 0.25) is 0 Å². The van der Waals surface area contributed by atoms with Crippen molar-refractivity contribution in [2.75, 3.05) is 19.8 Å². The summed E-state index contributed by atoms with van der Waals surface area (Å²) in [4.78, 5) is 2.55. The topological polar surface area (TPSA) is 12.5 Å². The monoisotopic (exact) mass is 275 g/mol. The van der Waals surface area contributed by atoms with E-state index in [0.29, 0.717) is 0 Å². The maximum atomic E-state index is 5.63. The minimum atomic E-state index is 0.123. The van der Waals surface area contributed by atoms with Gasteiger partial charge in [-0.2, -0.15) is 0 Å². The lowest BCUT2D eigenvalue weighted by atomic mass is 9.82. The minimum absolute atomic E-state index is 0.123. The number of benzene rings is 1. The third kappa shape index (κ3) is 3.42. The van der Waals surface area contributed by atoms with E-state index in [2.05, 4.69) is 64.6 Å². The Morgan fingerprint density at radius 1 is 1.25 bits per heavy atom. The zero-order valence-corrected chi connectivity index (χ0v) is 13.9. The summed E-state index contributed by atoms with van der Waals surface area (Å²) in [6, 6.07) is 6.89. The lowest BCUT2D eigenvalue weighted by Crippen LogP contribution is -2.52. The first-order valence-corrected chi connectivity index (χ1v) is 7.63. The highest BCUT2D eigenvalue weighted by atomic mass is 16.5. The van der Waals surface area contributed by atoms with Crippen molar-refractivity contribution in [1.29, 1.82) is 0 Å². The number of hydrogen-bond acceptors (Lipinski definition) is 2. The molecule has 1 heterocycles. The molecule has 2 heteroatoms. The van der Waals surface area contributed by atoms with E-state index in [1.54, 1.807) is 0 Å². The van der Waals surface area contributed by atoms with E-state index in [9.17, 15) is 0 Å². The third-order valence-corrected chi connectivity index (χ3v) is 4.25. The Morgan fingerprint density at radius 3 is 2.55 bits per heavy atom. The molecular formula is C18H29NO. The minimum Gasteiger partial charge on any atom is -0.378 e. The van der Waals surface area contributed by atoms with Crippen LogP contribution in [0.3, 0.4) is 0 Å². The van der Waals surface area contributed by atoms with Crippen molar-refractivity contribution in [2.45, 2.75) is 59.0 Å². The zero-order valence-electron chi connectivity index (χ0n) is 13.9. The van der Waals surface area contributed by atoms with Gasteiger partial charge < -0.3 is 4.74 Å². The predicted molar refractivity (Wildman–Crippen MR) is 85.2 cm³/mol. The van der Waals surface area contributed by atoms with Crippen LogP contribution in [-0.2, 0) is 16.7 Å². The van der Waals surface area contributed by atoms with E-state index in [0.717, 1.165) is 26.3 Å². The van der Waals surface area contributed by atoms with Crippen molar-refractivity contribution in [3.05, 3.63) is 34.9 Å². The number of nitrogens with zero attached hydrogens (tertiary/aromatic N) is 1. The van der Waals surface area contributed by atoms with Crippen molar-refractivity contribution in [3.63, 3.8) is 0 Å². The lowest BCUT2D eigenvalue weighted by Gasteiger charge is -2.42. The summed E-state index contributed by atoms with van der Waals surface area (Å²) in [7, 11) is 0. The van der Waals surface area contributed by atoms with Gasteiger partial charge in [-0.15, -0.1) is 0 Å². The molecule has 1 aliphatic heterocycles. The summed E-state index contributed by atoms with van der Waals surface area (Å²) in [5.74, 6) is 0. The Kier molecular flexibility index (Phi) is 4.27. The molecule has 1 saturated heterocycles. The van der Waals surface area contributed by atoms with E-state index in [1.165, 1.54) is 16.7 Å². The van der Waals surface area contributed by atoms with Crippen LogP contribution in [0.1, 0.15) is 51.3 Å². The van der Waals surface area contributed by atoms with Gasteiger partial charge in [0.1, 0.15) is 0 Å². The van der Waals surface area contributed by atoms with Crippen LogP contribution in [0.15, 0.2) is 18.2 Å². The predicted octanol–water partition coefficient (Wildman–Crippen LogP) is 3.90. The van der Waals surface area contributed by atoms with Crippen LogP contribution in [0.4, 0.5) is 0 Å². The number of morpholine rings is 1. The van der Waals surface area contributed by atoms with Gasteiger partial charge in [-0.25, -0.2) is 0 Å². The third-order valence-electron chi connectivity index (χ3n) is 4.25. The van der Waals surface area contributed by atoms with Gasteiger partial charge in [0.05, 0.1) is 13.2 Å². The highest BCUT2D eigenvalue weighted by Crippen LogP contribution is 2.30. The molecule has 0 radical (unpaired) electrons. The molecule has 0 bridgehead atoms. The molecule has 1 aromatic carbocycles. The molecule has 2 rings (SSSR count). The number of hydrogen-bond donors (Lipinski definition) is 0. The number of aryl methyl sites for hydroxylation is 1. The van der Waals surface area contributed by atoms with Crippen molar-refractivity contribution >= 4 is 0 Å². The standard InChI is InChI=1S/C18H29NO/c1-14-7-8-15(16(11-14)17(2,3)4)12-19-9-10-20-13-18(19,5)6/h7-8,11H,9-10,12-13H2,1-6H3. The van der Waals surface area contributed by atoms with Gasteiger partial charge in [-0.3, -0.25) is 4.90 Å². The van der Waals surface area contributed by atoms with Gasteiger partial charge in [0.25, 0.3) is 0 Å². The second kappa shape index (κ2) is 5.50. The molecule has 2 nitrogen and oxygen atoms in total. The molecule has 1 aliphatic rings. The highest BCUT2D eigenvalue weighted by Gasteiger charge is 2.31. The fourth-order valence-electron chi connectivity index (χ4n) is 2.92. The van der Waals surface area contributed by atoms with E-state index in [4.69, 9.17) is 4.74 Å². The van der Waals surface area contributed by atoms with E-state index in [1.807, 2.05) is 0 Å². The first kappa shape index (κ1) is 15.5. The maximum absolute atomic E-state index is 5.63. The van der Waals surface area contributed by atoms with E-state index < -0.39 is 0 Å². The second-order valence-electron chi connectivity index (χ2n) is 7.70. The summed E-state index contributed by atoms with van der Waals surface area (Å²) in [5.41, 5.74) is 4.59. The van der Waals surface area contributed by atoms with Gasteiger partial charge in [-0.1, -0.05) is 44.5 Å². The fraction of sp³-hybridized carbons (Fsp3) is 0.667. The quantitative estimate of drug-likeness (QED) is 0.811. The Morgan fingerprint density at radius 2 is 1.95 bits per heavy atom. The van der Waals surface area contributed by atoms with Crippen molar-refractivity contribution in [2.24, 2.45) is 0 Å². The zero-order chi connectivity index (χ0) is 15.0. The van der Waals surface area contributed by atoms with Crippen LogP contribution in [0.25, 0.3) is 0 Å². The van der Waals surface area contributed by atoms with Crippen LogP contribution in [0.5, 0.6) is 0 Å². The fourth-order valence-corrected chi connectivity index (χ4v) is 2.92. The van der Waals surface area contributed by atoms with Crippen molar-refractivity contribution in [1.82, 2.24) is 4.90 Å². The molecule has 1 aromatic rings. The second-order valence-corrected chi connectivity index (χ2v) is 7.70. The Bertz CT molecular complexity index is 471. The summed E-state index contributed by atoms with van der Waals surface area (Å²) in [6.07, 6.45) is 0. The van der Waals surface area contributed by atoms with Crippen molar-refractivity contribution in [3.8, 4) is 0 Å². The van der Waals surface area contributed by atoms with Gasteiger partial charge in [-0.05, 0) is 37.3 Å². The molecule has 0 N–H and O–H groups in total. The average molecular weight is 275 g/mol. The normalized spacial score (nSPS) is 20.1. The summed E-state index contributed by atoms with van der Waals surface area (Å²) in [6.45, 7) is 17.3. The average Bonchev–Trinajstić information content (AvgIpc) is 2.32. The van der Waals surface area contributed by atoms with Gasteiger partial charge >= 0.3 is 0 Å². The molecule has 0 amide bonds. The first-order valence-electron chi connectivity index (χ1n) is 7.63. The summed E-state index contributed by atoms with van der Waals surface area (Å²) < 4.78 is 5.63. The van der Waals surface area contributed by atoms with Gasteiger partial charge in [0.15, 0.2) is 0 Å². The SMILES string of the molecule is Cc1ccc(CN2CCOCC2(C)C)c(C(C)(C)C)c1.